The van der Waals surface area contributed by atoms with Crippen LogP contribution < -0.4 is 4.90 Å². The van der Waals surface area contributed by atoms with E-state index in [0.29, 0.717) is 5.92 Å². The first kappa shape index (κ1) is 14.1. The first-order valence-corrected chi connectivity index (χ1v) is 9.35. The lowest BCUT2D eigenvalue weighted by Gasteiger charge is -2.47. The Labute approximate surface area is 157 Å². The molecule has 0 N–H and O–H groups in total. The number of nitrogens with zero attached hydrogens (tertiary/aromatic N) is 2. The molecule has 2 nitrogen and oxygen atoms in total. The van der Waals surface area contributed by atoms with Crippen molar-refractivity contribution in [3.05, 3.63) is 48.5 Å². The van der Waals surface area contributed by atoms with Gasteiger partial charge >= 0.3 is 0 Å². The van der Waals surface area contributed by atoms with E-state index in [2.05, 4.69) is 29.2 Å². The largest absolute Gasteiger partial charge is 0.339 e. The summed E-state index contributed by atoms with van der Waals surface area (Å²) in [6.07, 6.45) is 2.27. The standard InChI is InChI=1S/C20H22N2S.ClH/c1-3-7-19-17(5-1)22(18-6-2-4-8-20(18)23-19)14-16-13-21-11-9-15(16)10-12-21;/h1-8,15-16H,9-14H2;1H/i14D2;. The lowest BCUT2D eigenvalue weighted by Crippen LogP contribution is -2.50. The summed E-state index contributed by atoms with van der Waals surface area (Å²) in [4.78, 5) is 6.72. The second-order valence-corrected chi connectivity index (χ2v) is 7.83. The molecule has 2 aromatic rings. The van der Waals surface area contributed by atoms with Gasteiger partial charge in [-0.2, -0.15) is 0 Å². The summed E-state index contributed by atoms with van der Waals surface area (Å²) in [5.41, 5.74) is 2.01. The van der Waals surface area contributed by atoms with Crippen molar-refractivity contribution in [2.24, 2.45) is 11.8 Å². The van der Waals surface area contributed by atoms with Crippen LogP contribution in [0.4, 0.5) is 11.4 Å². The fourth-order valence-electron chi connectivity index (χ4n) is 4.12. The van der Waals surface area contributed by atoms with Crippen molar-refractivity contribution < 1.29 is 2.74 Å². The Hall–Kier alpha value is -1.16. The van der Waals surface area contributed by atoms with Crippen molar-refractivity contribution in [3.8, 4) is 0 Å². The van der Waals surface area contributed by atoms with Gasteiger partial charge in [0.2, 0.25) is 0 Å². The summed E-state index contributed by atoms with van der Waals surface area (Å²) in [5.74, 6) is 0.549. The van der Waals surface area contributed by atoms with Crippen LogP contribution in [0.25, 0.3) is 0 Å². The number of rotatable bonds is 2. The molecule has 0 aliphatic carbocycles. The van der Waals surface area contributed by atoms with Crippen LogP contribution in [0.2, 0.25) is 0 Å². The first-order valence-electron chi connectivity index (χ1n) is 9.53. The Bertz CT molecular complexity index is 762. The van der Waals surface area contributed by atoms with Crippen molar-refractivity contribution in [3.63, 3.8) is 0 Å². The maximum Gasteiger partial charge on any atom is 0.0552 e. The molecule has 4 heteroatoms. The number of benzene rings is 2. The third-order valence-electron chi connectivity index (χ3n) is 5.38. The van der Waals surface area contributed by atoms with Crippen molar-refractivity contribution in [2.75, 3.05) is 31.0 Å². The molecule has 3 saturated heterocycles. The van der Waals surface area contributed by atoms with Crippen LogP contribution >= 0.6 is 24.2 Å². The van der Waals surface area contributed by atoms with Gasteiger partial charge in [-0.1, -0.05) is 36.0 Å². The number of piperidine rings is 3. The summed E-state index contributed by atoms with van der Waals surface area (Å²) in [6.45, 7) is 1.77. The van der Waals surface area contributed by atoms with Crippen molar-refractivity contribution in [1.29, 1.82) is 0 Å². The predicted octanol–water partition coefficient (Wildman–Crippen LogP) is 5.05. The van der Waals surface area contributed by atoms with E-state index in [9.17, 15) is 2.74 Å². The highest BCUT2D eigenvalue weighted by Crippen LogP contribution is 2.48. The Balaban J connectivity index is 0.00000168. The van der Waals surface area contributed by atoms with E-state index in [1.165, 1.54) is 0 Å². The van der Waals surface area contributed by atoms with Gasteiger partial charge in [-0.3, -0.25) is 0 Å². The zero-order valence-electron chi connectivity index (χ0n) is 15.5. The zero-order valence-corrected chi connectivity index (χ0v) is 15.2. The SMILES string of the molecule is Cl.[2H]C([2H])(C1CN2CCC1CC2)N1c2ccccc2Sc2ccccc21. The molecule has 126 valence electrons. The van der Waals surface area contributed by atoms with Crippen LogP contribution in [0, 0.1) is 11.8 Å². The van der Waals surface area contributed by atoms with Gasteiger partial charge in [0.05, 0.1) is 14.1 Å². The molecule has 24 heavy (non-hydrogen) atoms. The van der Waals surface area contributed by atoms with Crippen molar-refractivity contribution >= 4 is 35.5 Å². The maximum atomic E-state index is 9.19. The Morgan fingerprint density at radius 3 is 2.08 bits per heavy atom. The molecule has 0 radical (unpaired) electrons. The van der Waals surface area contributed by atoms with E-state index in [0.717, 1.165) is 53.6 Å². The van der Waals surface area contributed by atoms with Crippen LogP contribution in [-0.4, -0.2) is 31.0 Å². The lowest BCUT2D eigenvalue weighted by atomic mass is 9.78. The molecular weight excluding hydrogens is 336 g/mol. The van der Waals surface area contributed by atoms with Crippen LogP contribution in [0.5, 0.6) is 0 Å². The number of hydrogen-bond acceptors (Lipinski definition) is 3. The van der Waals surface area contributed by atoms with Gasteiger partial charge in [0.25, 0.3) is 0 Å². The highest BCUT2D eigenvalue weighted by molar-refractivity contribution is 7.99. The van der Waals surface area contributed by atoms with Crippen molar-refractivity contribution in [2.45, 2.75) is 22.6 Å². The van der Waals surface area contributed by atoms with Gasteiger partial charge in [-0.05, 0) is 62.0 Å². The molecule has 4 heterocycles. The van der Waals surface area contributed by atoms with Gasteiger partial charge in [0.15, 0.2) is 0 Å². The Morgan fingerprint density at radius 2 is 1.54 bits per heavy atom. The molecule has 1 atom stereocenters. The summed E-state index contributed by atoms with van der Waals surface area (Å²) in [7, 11) is 0. The van der Waals surface area contributed by atoms with Crippen molar-refractivity contribution in [1.82, 2.24) is 4.90 Å². The third-order valence-corrected chi connectivity index (χ3v) is 6.51. The molecule has 1 unspecified atom stereocenters. The highest BCUT2D eigenvalue weighted by Gasteiger charge is 2.36. The minimum atomic E-state index is -1.39. The topological polar surface area (TPSA) is 6.48 Å². The van der Waals surface area contributed by atoms with Gasteiger partial charge in [-0.25, -0.2) is 0 Å². The minimum Gasteiger partial charge on any atom is -0.339 e. The van der Waals surface area contributed by atoms with Crippen LogP contribution in [0.15, 0.2) is 58.3 Å². The number of hydrogen-bond donors (Lipinski definition) is 0. The normalized spacial score (nSPS) is 29.0. The average Bonchev–Trinajstić information content (AvgIpc) is 2.66. The van der Waals surface area contributed by atoms with E-state index >= 15 is 0 Å². The molecule has 4 aliphatic heterocycles. The van der Waals surface area contributed by atoms with E-state index in [-0.39, 0.29) is 18.3 Å². The third kappa shape index (κ3) is 2.73. The lowest BCUT2D eigenvalue weighted by molar-refractivity contribution is 0.0553. The first-order chi connectivity index (χ1) is 12.1. The number of anilines is 2. The molecule has 0 amide bonds. The number of para-hydroxylation sites is 2. The monoisotopic (exact) mass is 360 g/mol. The number of halogens is 1. The van der Waals surface area contributed by atoms with Crippen LogP contribution in [0.3, 0.4) is 0 Å². The van der Waals surface area contributed by atoms with E-state index < -0.39 is 6.50 Å². The second kappa shape index (κ2) is 6.62. The summed E-state index contributed by atoms with van der Waals surface area (Å²) in [6, 6.07) is 16.5. The average molecular weight is 361 g/mol. The molecule has 0 aromatic heterocycles. The predicted molar refractivity (Wildman–Crippen MR) is 104 cm³/mol. The minimum absolute atomic E-state index is 0. The highest BCUT2D eigenvalue weighted by atomic mass is 35.5. The molecule has 2 bridgehead atoms. The Kier molecular flexibility index (Phi) is 3.88. The van der Waals surface area contributed by atoms with E-state index in [1.807, 2.05) is 29.2 Å². The molecule has 3 fully saturated rings. The van der Waals surface area contributed by atoms with Gasteiger partial charge in [0, 0.05) is 22.8 Å². The van der Waals surface area contributed by atoms with Gasteiger partial charge in [0.1, 0.15) is 0 Å². The van der Waals surface area contributed by atoms with E-state index in [4.69, 9.17) is 0 Å². The van der Waals surface area contributed by atoms with Crippen LogP contribution in [0.1, 0.15) is 15.6 Å². The zero-order chi connectivity index (χ0) is 17.0. The fourth-order valence-corrected chi connectivity index (χ4v) is 5.18. The molecular formula is C20H23ClN2S. The molecule has 2 aromatic carbocycles. The smallest absolute Gasteiger partial charge is 0.0552 e. The fraction of sp³-hybridized carbons (Fsp3) is 0.400. The summed E-state index contributed by atoms with van der Waals surface area (Å²) in [5, 5.41) is 0. The maximum absolute atomic E-state index is 9.19. The Morgan fingerprint density at radius 1 is 0.958 bits per heavy atom. The van der Waals surface area contributed by atoms with Gasteiger partial charge in [-0.15, -0.1) is 12.4 Å². The summed E-state index contributed by atoms with van der Waals surface area (Å²) < 4.78 is 18.4. The second-order valence-electron chi connectivity index (χ2n) is 6.75. The van der Waals surface area contributed by atoms with Crippen LogP contribution in [-0.2, 0) is 0 Å². The molecule has 0 saturated carbocycles. The summed E-state index contributed by atoms with van der Waals surface area (Å²) >= 11 is 1.75. The van der Waals surface area contributed by atoms with Gasteiger partial charge < -0.3 is 9.80 Å². The number of fused-ring (bicyclic) bond motifs is 5. The molecule has 0 spiro atoms. The quantitative estimate of drug-likeness (QED) is 0.739. The van der Waals surface area contributed by atoms with E-state index in [1.54, 1.807) is 11.8 Å². The molecule has 6 rings (SSSR count). The molecule has 4 aliphatic rings.